The molecule has 10 nitrogen and oxygen atoms in total. The van der Waals surface area contributed by atoms with Gasteiger partial charge < -0.3 is 9.55 Å². The third-order valence-electron chi connectivity index (χ3n) is 7.41. The highest BCUT2D eigenvalue weighted by Crippen LogP contribution is 2.39. The van der Waals surface area contributed by atoms with Crippen molar-refractivity contribution in [2.45, 2.75) is 38.1 Å². The van der Waals surface area contributed by atoms with Gasteiger partial charge >= 0.3 is 11.9 Å². The minimum atomic E-state index is -4.90. The molecule has 1 unspecified atom stereocenters. The van der Waals surface area contributed by atoms with Gasteiger partial charge in [-0.05, 0) is 48.6 Å². The number of aryl methyl sites for hydroxylation is 1. The fraction of sp³-hybridized carbons (Fsp3) is 0.346. The predicted molar refractivity (Wildman–Crippen MR) is 143 cm³/mol. The summed E-state index contributed by atoms with van der Waals surface area (Å²) in [4.78, 5) is 41.0. The van der Waals surface area contributed by atoms with Crippen LogP contribution in [-0.4, -0.2) is 34.6 Å². The van der Waals surface area contributed by atoms with Crippen LogP contribution >= 0.6 is 11.6 Å². The molecule has 0 spiro atoms. The lowest BCUT2D eigenvalue weighted by Gasteiger charge is -2.11. The molecule has 5 aromatic rings. The summed E-state index contributed by atoms with van der Waals surface area (Å²) < 4.78 is 46.1. The Morgan fingerprint density at radius 1 is 1.20 bits per heavy atom. The Morgan fingerprint density at radius 3 is 2.62 bits per heavy atom. The van der Waals surface area contributed by atoms with Gasteiger partial charge in [0.1, 0.15) is 11.1 Å². The number of hydrogen-bond donors (Lipinski definition) is 1. The summed E-state index contributed by atoms with van der Waals surface area (Å²) in [5.74, 6) is 0.274. The maximum absolute atomic E-state index is 13.6. The van der Waals surface area contributed by atoms with E-state index in [4.69, 9.17) is 16.7 Å². The van der Waals surface area contributed by atoms with Gasteiger partial charge in [0.25, 0.3) is 5.56 Å². The van der Waals surface area contributed by atoms with Crippen molar-refractivity contribution in [2.24, 2.45) is 25.2 Å². The van der Waals surface area contributed by atoms with Gasteiger partial charge in [-0.3, -0.25) is 18.6 Å². The monoisotopic (exact) mass is 573 g/mol. The zero-order valence-electron chi connectivity index (χ0n) is 21.4. The van der Waals surface area contributed by atoms with Crippen LogP contribution in [0.15, 0.2) is 51.4 Å². The quantitative estimate of drug-likeness (QED) is 0.280. The van der Waals surface area contributed by atoms with Gasteiger partial charge in [0.2, 0.25) is 6.04 Å². The van der Waals surface area contributed by atoms with Gasteiger partial charge in [-0.25, -0.2) is 4.79 Å². The van der Waals surface area contributed by atoms with Crippen molar-refractivity contribution in [3.8, 4) is 11.4 Å². The molecule has 40 heavy (non-hydrogen) atoms. The Balaban J connectivity index is 1.63. The summed E-state index contributed by atoms with van der Waals surface area (Å²) in [5, 5.41) is 8.42. The molecule has 1 atom stereocenters. The second-order valence-corrected chi connectivity index (χ2v) is 10.7. The zero-order valence-corrected chi connectivity index (χ0v) is 22.1. The van der Waals surface area contributed by atoms with E-state index in [-0.39, 0.29) is 40.4 Å². The van der Waals surface area contributed by atoms with E-state index in [1.807, 2.05) is 6.07 Å². The maximum atomic E-state index is 13.6. The van der Waals surface area contributed by atoms with Crippen molar-refractivity contribution in [1.29, 1.82) is 0 Å². The number of alkyl halides is 3. The summed E-state index contributed by atoms with van der Waals surface area (Å²) in [6, 6.07) is 3.94. The zero-order chi connectivity index (χ0) is 28.5. The first-order valence-electron chi connectivity index (χ1n) is 12.5. The second kappa shape index (κ2) is 9.22. The second-order valence-electron chi connectivity index (χ2n) is 10.2. The molecular formula is C26H23ClF3N7O3. The van der Waals surface area contributed by atoms with Gasteiger partial charge in [-0.1, -0.05) is 16.8 Å². The van der Waals surface area contributed by atoms with Crippen LogP contribution in [0.25, 0.3) is 33.3 Å². The normalized spacial score (nSPS) is 14.8. The summed E-state index contributed by atoms with van der Waals surface area (Å²) >= 11 is 6.23. The van der Waals surface area contributed by atoms with Crippen molar-refractivity contribution < 1.29 is 13.2 Å². The van der Waals surface area contributed by atoms with Crippen molar-refractivity contribution in [1.82, 2.24) is 28.5 Å². The summed E-state index contributed by atoms with van der Waals surface area (Å²) in [7, 11) is 2.87. The predicted octanol–water partition coefficient (Wildman–Crippen LogP) is 4.87. The third kappa shape index (κ3) is 4.24. The van der Waals surface area contributed by atoms with E-state index in [1.165, 1.54) is 34.0 Å². The lowest BCUT2D eigenvalue weighted by Crippen LogP contribution is -2.38. The molecule has 14 heteroatoms. The van der Waals surface area contributed by atoms with Crippen LogP contribution in [0.5, 0.6) is 0 Å². The number of benzene rings is 1. The fourth-order valence-corrected chi connectivity index (χ4v) is 5.36. The van der Waals surface area contributed by atoms with Gasteiger partial charge in [0.05, 0.1) is 12.2 Å². The number of hydrogen-bond acceptors (Lipinski definition) is 5. The highest BCUT2D eigenvalue weighted by atomic mass is 35.5. The molecule has 4 aromatic heterocycles. The summed E-state index contributed by atoms with van der Waals surface area (Å²) in [5.41, 5.74) is 0.633. The first-order chi connectivity index (χ1) is 19.0. The minimum absolute atomic E-state index is 0.0935. The molecule has 0 amide bonds. The van der Waals surface area contributed by atoms with E-state index in [1.54, 1.807) is 18.3 Å². The average molecular weight is 574 g/mol. The SMILES string of the molecule is Cn1cc(C(N=O)C(F)(F)F)cc1-c1c2c(=O)n(C)c(=O)n(CC3CC3)c2nn1Cc1c[nH]c2ccc(Cl)cc12. The van der Waals surface area contributed by atoms with E-state index >= 15 is 0 Å². The van der Waals surface area contributed by atoms with E-state index in [0.717, 1.165) is 40.1 Å². The number of nitrogens with one attached hydrogen (secondary N) is 1. The highest BCUT2D eigenvalue weighted by Gasteiger charge is 2.43. The number of H-pyrrole nitrogens is 1. The minimum Gasteiger partial charge on any atom is -0.361 e. The standard InChI is InChI=1S/C26H23ClF3N7O3/c1-34-11-14(22(33-40)26(28,29)30)7-19(34)21-20-23(36(10-13-3-4-13)25(39)35(2)24(20)38)32-37(21)12-15-9-31-18-6-5-16(27)8-17(15)18/h5-9,11,13,22,31H,3-4,10,12H2,1-2H3. The molecule has 6 rings (SSSR count). The number of fused-ring (bicyclic) bond motifs is 2. The van der Waals surface area contributed by atoms with Crippen molar-refractivity contribution in [3.63, 3.8) is 0 Å². The summed E-state index contributed by atoms with van der Waals surface area (Å²) in [6.07, 6.45) is -0.0850. The van der Waals surface area contributed by atoms with Crippen molar-refractivity contribution >= 4 is 33.5 Å². The number of nitroso groups, excluding NO2 is 1. The smallest absolute Gasteiger partial charge is 0.361 e. The molecule has 0 aliphatic heterocycles. The molecule has 1 aromatic carbocycles. The highest BCUT2D eigenvalue weighted by molar-refractivity contribution is 6.31. The van der Waals surface area contributed by atoms with E-state index in [2.05, 4.69) is 10.2 Å². The van der Waals surface area contributed by atoms with Crippen LogP contribution in [0.2, 0.25) is 5.02 Å². The molecule has 4 heterocycles. The molecule has 0 radical (unpaired) electrons. The van der Waals surface area contributed by atoms with E-state index in [9.17, 15) is 27.7 Å². The first-order valence-corrected chi connectivity index (χ1v) is 12.9. The molecule has 1 fully saturated rings. The Hall–Kier alpha value is -4.13. The number of aromatic amines is 1. The Labute approximate surface area is 228 Å². The number of aromatic nitrogens is 6. The maximum Gasteiger partial charge on any atom is 0.418 e. The summed E-state index contributed by atoms with van der Waals surface area (Å²) in [6.45, 7) is 0.479. The lowest BCUT2D eigenvalue weighted by atomic mass is 10.1. The molecule has 0 bridgehead atoms. The van der Waals surface area contributed by atoms with Gasteiger partial charge in [0.15, 0.2) is 5.65 Å². The van der Waals surface area contributed by atoms with Crippen molar-refractivity contribution in [2.75, 3.05) is 0 Å². The van der Waals surface area contributed by atoms with Crippen LogP contribution in [0, 0.1) is 10.8 Å². The van der Waals surface area contributed by atoms with Crippen LogP contribution in [0.4, 0.5) is 13.2 Å². The molecule has 0 saturated heterocycles. The molecule has 208 valence electrons. The van der Waals surface area contributed by atoms with E-state index in [0.29, 0.717) is 11.6 Å². The molecule has 1 aliphatic rings. The Bertz CT molecular complexity index is 1920. The van der Waals surface area contributed by atoms with E-state index < -0.39 is 23.5 Å². The van der Waals surface area contributed by atoms with Crippen LogP contribution < -0.4 is 11.2 Å². The lowest BCUT2D eigenvalue weighted by molar-refractivity contribution is -0.148. The number of halogens is 4. The first kappa shape index (κ1) is 26.1. The van der Waals surface area contributed by atoms with Gasteiger partial charge in [-0.15, -0.1) is 4.91 Å². The molecule has 1 aliphatic carbocycles. The topological polar surface area (TPSA) is 112 Å². The fourth-order valence-electron chi connectivity index (χ4n) is 5.19. The van der Waals surface area contributed by atoms with Crippen LogP contribution in [0.3, 0.4) is 0 Å². The molecule has 1 N–H and O–H groups in total. The van der Waals surface area contributed by atoms with Crippen LogP contribution in [-0.2, 0) is 27.2 Å². The Kier molecular flexibility index (Phi) is 6.02. The average Bonchev–Trinajstić information content (AvgIpc) is 3.36. The Morgan fingerprint density at radius 2 is 1.95 bits per heavy atom. The number of rotatable bonds is 7. The molecule has 1 saturated carbocycles. The van der Waals surface area contributed by atoms with Crippen LogP contribution in [0.1, 0.15) is 30.0 Å². The van der Waals surface area contributed by atoms with Gasteiger partial charge in [-0.2, -0.15) is 18.3 Å². The molecular weight excluding hydrogens is 551 g/mol. The third-order valence-corrected chi connectivity index (χ3v) is 7.65. The van der Waals surface area contributed by atoms with Crippen molar-refractivity contribution in [3.05, 3.63) is 78.6 Å². The largest absolute Gasteiger partial charge is 0.418 e. The number of nitrogens with zero attached hydrogens (tertiary/aromatic N) is 6. The van der Waals surface area contributed by atoms with Gasteiger partial charge in [0, 0.05) is 54.5 Å².